The van der Waals surface area contributed by atoms with E-state index in [9.17, 15) is 13.6 Å². The third kappa shape index (κ3) is 2.42. The van der Waals surface area contributed by atoms with Crippen molar-refractivity contribution in [1.29, 1.82) is 5.26 Å². The van der Waals surface area contributed by atoms with Crippen molar-refractivity contribution in [3.63, 3.8) is 0 Å². The highest BCUT2D eigenvalue weighted by atomic mass is 19.1. The van der Waals surface area contributed by atoms with E-state index in [4.69, 9.17) is 5.26 Å². The van der Waals surface area contributed by atoms with Crippen molar-refractivity contribution in [2.75, 3.05) is 7.05 Å². The molecule has 1 amide bonds. The quantitative estimate of drug-likeness (QED) is 0.797. The van der Waals surface area contributed by atoms with E-state index < -0.39 is 23.1 Å². The van der Waals surface area contributed by atoms with Crippen LogP contribution in [0.15, 0.2) is 24.3 Å². The number of hydrogen-bond donors (Lipinski definition) is 0. The summed E-state index contributed by atoms with van der Waals surface area (Å²) in [6, 6.07) is 5.65. The van der Waals surface area contributed by atoms with Crippen molar-refractivity contribution >= 4 is 12.0 Å². The zero-order valence-corrected chi connectivity index (χ0v) is 11.1. The largest absolute Gasteiger partial charge is 0.323 e. The Labute approximate surface area is 116 Å². The molecule has 3 nitrogen and oxygen atoms in total. The Morgan fingerprint density at radius 1 is 1.40 bits per heavy atom. The van der Waals surface area contributed by atoms with E-state index in [0.717, 1.165) is 30.7 Å². The zero-order chi connectivity index (χ0) is 14.8. The van der Waals surface area contributed by atoms with Crippen LogP contribution in [0.25, 0.3) is 6.08 Å². The first-order valence-electron chi connectivity index (χ1n) is 6.31. The minimum absolute atomic E-state index is 0.256. The van der Waals surface area contributed by atoms with Crippen molar-refractivity contribution in [3.8, 4) is 6.07 Å². The lowest BCUT2D eigenvalue weighted by Gasteiger charge is -2.42. The number of likely N-dealkylation sites (N-methyl/N-ethyl adjacent to an activating group) is 1. The molecule has 0 atom stereocenters. The zero-order valence-electron chi connectivity index (χ0n) is 11.1. The fourth-order valence-electron chi connectivity index (χ4n) is 2.18. The minimum Gasteiger partial charge on any atom is -0.323 e. The Kier molecular flexibility index (Phi) is 3.84. The van der Waals surface area contributed by atoms with E-state index in [-0.39, 0.29) is 5.56 Å². The van der Waals surface area contributed by atoms with E-state index in [2.05, 4.69) is 6.07 Å². The average molecular weight is 276 g/mol. The van der Waals surface area contributed by atoms with Crippen LogP contribution in [0.4, 0.5) is 8.78 Å². The topological polar surface area (TPSA) is 44.1 Å². The van der Waals surface area contributed by atoms with Crippen LogP contribution in [-0.2, 0) is 4.79 Å². The van der Waals surface area contributed by atoms with Gasteiger partial charge in [0, 0.05) is 18.7 Å². The molecule has 1 aliphatic rings. The van der Waals surface area contributed by atoms with Gasteiger partial charge in [-0.25, -0.2) is 8.78 Å². The van der Waals surface area contributed by atoms with E-state index in [1.807, 2.05) is 0 Å². The molecule has 2 rings (SSSR count). The van der Waals surface area contributed by atoms with Crippen LogP contribution in [0.2, 0.25) is 0 Å². The first kappa shape index (κ1) is 14.2. The van der Waals surface area contributed by atoms with Gasteiger partial charge in [-0.1, -0.05) is 6.07 Å². The number of rotatable bonds is 3. The summed E-state index contributed by atoms with van der Waals surface area (Å²) >= 11 is 0. The first-order valence-corrected chi connectivity index (χ1v) is 6.31. The summed E-state index contributed by atoms with van der Waals surface area (Å²) in [6.07, 6.45) is 4.37. The van der Waals surface area contributed by atoms with E-state index in [1.54, 1.807) is 0 Å². The molecule has 0 unspecified atom stereocenters. The van der Waals surface area contributed by atoms with Gasteiger partial charge in [-0.15, -0.1) is 0 Å². The number of nitriles is 1. The Hall–Kier alpha value is -2.22. The molecule has 104 valence electrons. The van der Waals surface area contributed by atoms with Crippen LogP contribution in [0.3, 0.4) is 0 Å². The number of carbonyl (C=O) groups excluding carboxylic acids is 1. The second-order valence-corrected chi connectivity index (χ2v) is 4.86. The van der Waals surface area contributed by atoms with Crippen molar-refractivity contribution in [2.24, 2.45) is 0 Å². The van der Waals surface area contributed by atoms with E-state index in [1.165, 1.54) is 18.0 Å². The molecule has 1 aromatic rings. The highest BCUT2D eigenvalue weighted by molar-refractivity contribution is 5.92. The maximum absolute atomic E-state index is 13.4. The summed E-state index contributed by atoms with van der Waals surface area (Å²) in [4.78, 5) is 13.3. The maximum atomic E-state index is 13.4. The Balaban J connectivity index is 2.16. The van der Waals surface area contributed by atoms with Crippen molar-refractivity contribution in [1.82, 2.24) is 4.90 Å². The molecule has 0 heterocycles. The number of carbonyl (C=O) groups is 1. The summed E-state index contributed by atoms with van der Waals surface area (Å²) in [5, 5.41) is 9.14. The molecule has 5 heteroatoms. The van der Waals surface area contributed by atoms with Crippen LogP contribution >= 0.6 is 0 Å². The van der Waals surface area contributed by atoms with Gasteiger partial charge in [0.2, 0.25) is 5.91 Å². The van der Waals surface area contributed by atoms with Crippen LogP contribution in [0.5, 0.6) is 0 Å². The molecular weight excluding hydrogens is 262 g/mol. The monoisotopic (exact) mass is 276 g/mol. The third-order valence-corrected chi connectivity index (χ3v) is 3.75. The van der Waals surface area contributed by atoms with Crippen LogP contribution in [0, 0.1) is 23.0 Å². The second-order valence-electron chi connectivity index (χ2n) is 4.86. The molecule has 0 spiro atoms. The summed E-state index contributed by atoms with van der Waals surface area (Å²) in [5.41, 5.74) is -1.02. The molecule has 1 aliphatic carbocycles. The standard InChI is InChI=1S/C15H14F2N2O/c1-19(15(10-18)8-3-9-15)14(20)7-6-11-12(16)4-2-5-13(11)17/h2,4-7H,3,8-9H2,1H3/b7-6+. The summed E-state index contributed by atoms with van der Waals surface area (Å²) in [5.74, 6) is -1.89. The van der Waals surface area contributed by atoms with Gasteiger partial charge in [-0.3, -0.25) is 4.79 Å². The fourth-order valence-corrected chi connectivity index (χ4v) is 2.18. The van der Waals surface area contributed by atoms with Crippen molar-refractivity contribution < 1.29 is 13.6 Å². The Morgan fingerprint density at radius 2 is 2.00 bits per heavy atom. The van der Waals surface area contributed by atoms with Gasteiger partial charge >= 0.3 is 0 Å². The van der Waals surface area contributed by atoms with Crippen LogP contribution in [0.1, 0.15) is 24.8 Å². The summed E-state index contributed by atoms with van der Waals surface area (Å²) in [6.45, 7) is 0. The molecule has 0 N–H and O–H groups in total. The molecule has 1 saturated carbocycles. The predicted octanol–water partition coefficient (Wildman–Crippen LogP) is 2.88. The summed E-state index contributed by atoms with van der Waals surface area (Å²) < 4.78 is 26.8. The fraction of sp³-hybridized carbons (Fsp3) is 0.333. The molecule has 20 heavy (non-hydrogen) atoms. The highest BCUT2D eigenvalue weighted by Gasteiger charge is 2.42. The second kappa shape index (κ2) is 5.41. The molecule has 0 radical (unpaired) electrons. The van der Waals surface area contributed by atoms with Crippen LogP contribution < -0.4 is 0 Å². The molecular formula is C15H14F2N2O. The average Bonchev–Trinajstić information content (AvgIpc) is 2.37. The number of halogens is 2. The number of amides is 1. The van der Waals surface area contributed by atoms with Gasteiger partial charge < -0.3 is 4.90 Å². The van der Waals surface area contributed by atoms with E-state index >= 15 is 0 Å². The van der Waals surface area contributed by atoms with Crippen molar-refractivity contribution in [3.05, 3.63) is 41.5 Å². The van der Waals surface area contributed by atoms with Gasteiger partial charge in [-0.2, -0.15) is 5.26 Å². The maximum Gasteiger partial charge on any atom is 0.247 e. The SMILES string of the molecule is CN(C(=O)/C=C/c1c(F)cccc1F)C1(C#N)CCC1. The molecule has 0 bridgehead atoms. The third-order valence-electron chi connectivity index (χ3n) is 3.75. The number of hydrogen-bond acceptors (Lipinski definition) is 2. The lowest BCUT2D eigenvalue weighted by molar-refractivity contribution is -0.130. The van der Waals surface area contributed by atoms with Crippen molar-refractivity contribution in [2.45, 2.75) is 24.8 Å². The molecule has 0 saturated heterocycles. The predicted molar refractivity (Wildman–Crippen MR) is 70.4 cm³/mol. The Bertz CT molecular complexity index is 580. The van der Waals surface area contributed by atoms with Gasteiger partial charge in [0.25, 0.3) is 0 Å². The van der Waals surface area contributed by atoms with E-state index in [0.29, 0.717) is 12.8 Å². The van der Waals surface area contributed by atoms with Crippen LogP contribution in [-0.4, -0.2) is 23.4 Å². The number of benzene rings is 1. The van der Waals surface area contributed by atoms with Gasteiger partial charge in [0.05, 0.1) is 6.07 Å². The smallest absolute Gasteiger partial charge is 0.247 e. The van der Waals surface area contributed by atoms with Gasteiger partial charge in [-0.05, 0) is 37.5 Å². The van der Waals surface area contributed by atoms with Gasteiger partial charge in [0.1, 0.15) is 17.2 Å². The highest BCUT2D eigenvalue weighted by Crippen LogP contribution is 2.36. The molecule has 0 aliphatic heterocycles. The summed E-state index contributed by atoms with van der Waals surface area (Å²) in [7, 11) is 1.53. The lowest BCUT2D eigenvalue weighted by atomic mass is 9.76. The Morgan fingerprint density at radius 3 is 2.45 bits per heavy atom. The molecule has 0 aromatic heterocycles. The minimum atomic E-state index is -0.769. The normalized spacial score (nSPS) is 16.5. The molecule has 1 aromatic carbocycles. The lowest BCUT2D eigenvalue weighted by Crippen LogP contribution is -2.52. The van der Waals surface area contributed by atoms with Gasteiger partial charge in [0.15, 0.2) is 0 Å². The molecule has 1 fully saturated rings. The first-order chi connectivity index (χ1) is 9.50. The number of nitrogens with zero attached hydrogens (tertiary/aromatic N) is 2.